The minimum absolute atomic E-state index is 0.129. The number of ether oxygens (including phenoxy) is 2. The number of hydrogen-bond donors (Lipinski definition) is 1. The predicted octanol–water partition coefficient (Wildman–Crippen LogP) is 4.66. The van der Waals surface area contributed by atoms with Gasteiger partial charge in [-0.2, -0.15) is 0 Å². The van der Waals surface area contributed by atoms with Gasteiger partial charge in [0.2, 0.25) is 0 Å². The van der Waals surface area contributed by atoms with Crippen LogP contribution in [-0.4, -0.2) is 12.6 Å². The van der Waals surface area contributed by atoms with E-state index in [4.69, 9.17) is 26.8 Å². The van der Waals surface area contributed by atoms with Crippen LogP contribution in [0.15, 0.2) is 36.4 Å². The Morgan fingerprint density at radius 3 is 2.33 bits per heavy atom. The molecule has 0 aliphatic rings. The molecule has 0 bridgehead atoms. The topological polar surface area (TPSA) is 44.5 Å². The average Bonchev–Trinajstić information content (AvgIpc) is 2.89. The first kappa shape index (κ1) is 16.1. The fourth-order valence-corrected chi connectivity index (χ4v) is 3.09. The summed E-state index contributed by atoms with van der Waals surface area (Å²) in [6, 6.07) is 11.3. The van der Waals surface area contributed by atoms with E-state index in [1.807, 2.05) is 43.3 Å². The second-order valence-corrected chi connectivity index (χ2v) is 6.61. The van der Waals surface area contributed by atoms with Crippen molar-refractivity contribution in [3.8, 4) is 11.5 Å². The predicted molar refractivity (Wildman–Crippen MR) is 88.6 cm³/mol. The molecule has 2 unspecified atom stereocenters. The molecule has 2 aromatic rings. The van der Waals surface area contributed by atoms with Gasteiger partial charge in [-0.15, -0.1) is 11.3 Å². The lowest BCUT2D eigenvalue weighted by molar-refractivity contribution is 0.184. The van der Waals surface area contributed by atoms with Crippen molar-refractivity contribution in [3.63, 3.8) is 0 Å². The fourth-order valence-electron chi connectivity index (χ4n) is 1.89. The molecule has 0 radical (unpaired) electrons. The van der Waals surface area contributed by atoms with Crippen LogP contribution in [0.3, 0.4) is 0 Å². The fraction of sp³-hybridized carbons (Fsp3) is 0.375. The quantitative estimate of drug-likeness (QED) is 0.805. The average molecular weight is 326 g/mol. The second-order valence-electron chi connectivity index (χ2n) is 4.86. The number of thiophene rings is 1. The molecule has 1 heterocycles. The maximum atomic E-state index is 6.04. The highest BCUT2D eigenvalue weighted by molar-refractivity contribution is 7.16. The Kier molecular flexibility index (Phi) is 5.91. The molecule has 0 saturated heterocycles. The summed E-state index contributed by atoms with van der Waals surface area (Å²) >= 11 is 7.48. The van der Waals surface area contributed by atoms with E-state index in [2.05, 4.69) is 6.92 Å². The summed E-state index contributed by atoms with van der Waals surface area (Å²) in [7, 11) is 0. The van der Waals surface area contributed by atoms with Gasteiger partial charge in [-0.25, -0.2) is 0 Å². The maximum absolute atomic E-state index is 6.04. The van der Waals surface area contributed by atoms with Gasteiger partial charge in [-0.1, -0.05) is 18.5 Å². The molecule has 0 fully saturated rings. The first-order valence-corrected chi connectivity index (χ1v) is 8.20. The first-order chi connectivity index (χ1) is 10.1. The van der Waals surface area contributed by atoms with Crippen molar-refractivity contribution in [2.75, 3.05) is 6.61 Å². The lowest BCUT2D eigenvalue weighted by atomic mass is 10.1. The van der Waals surface area contributed by atoms with Crippen molar-refractivity contribution in [2.24, 2.45) is 5.73 Å². The molecule has 1 aromatic carbocycles. The molecule has 0 amide bonds. The lowest BCUT2D eigenvalue weighted by Gasteiger charge is -2.21. The van der Waals surface area contributed by atoms with Crippen LogP contribution in [0.25, 0.3) is 0 Å². The van der Waals surface area contributed by atoms with Gasteiger partial charge in [-0.3, -0.25) is 0 Å². The minimum atomic E-state index is -0.204. The van der Waals surface area contributed by atoms with E-state index in [1.165, 1.54) is 11.3 Å². The number of benzene rings is 1. The second kappa shape index (κ2) is 7.69. The largest absolute Gasteiger partial charge is 0.494 e. The monoisotopic (exact) mass is 325 g/mol. The highest BCUT2D eigenvalue weighted by Crippen LogP contribution is 2.32. The SMILES string of the molecule is CCCOc1ccc(OC(c2ccc(Cl)s2)C(C)N)cc1. The van der Waals surface area contributed by atoms with Gasteiger partial charge in [0.15, 0.2) is 0 Å². The van der Waals surface area contributed by atoms with Crippen molar-refractivity contribution >= 4 is 22.9 Å². The number of rotatable bonds is 7. The van der Waals surface area contributed by atoms with E-state index in [0.717, 1.165) is 33.7 Å². The molecule has 3 nitrogen and oxygen atoms in total. The normalized spacial score (nSPS) is 13.7. The third kappa shape index (κ3) is 4.63. The van der Waals surface area contributed by atoms with Gasteiger partial charge in [0.05, 0.1) is 10.9 Å². The van der Waals surface area contributed by atoms with Crippen LogP contribution in [0.5, 0.6) is 11.5 Å². The van der Waals surface area contributed by atoms with E-state index in [1.54, 1.807) is 0 Å². The summed E-state index contributed by atoms with van der Waals surface area (Å²) in [5.74, 6) is 1.62. The highest BCUT2D eigenvalue weighted by Gasteiger charge is 2.20. The Bertz CT molecular complexity index is 554. The van der Waals surface area contributed by atoms with Gasteiger partial charge >= 0.3 is 0 Å². The van der Waals surface area contributed by atoms with E-state index >= 15 is 0 Å². The summed E-state index contributed by atoms with van der Waals surface area (Å²) in [5.41, 5.74) is 6.04. The molecule has 5 heteroatoms. The van der Waals surface area contributed by atoms with Crippen LogP contribution >= 0.6 is 22.9 Å². The molecule has 2 rings (SSSR count). The summed E-state index contributed by atoms with van der Waals surface area (Å²) in [6.07, 6.45) is 0.786. The summed E-state index contributed by atoms with van der Waals surface area (Å²) in [5, 5.41) is 0. The van der Waals surface area contributed by atoms with Crippen LogP contribution in [0.4, 0.5) is 0 Å². The molecular weight excluding hydrogens is 306 g/mol. The molecule has 21 heavy (non-hydrogen) atoms. The Balaban J connectivity index is 2.07. The van der Waals surface area contributed by atoms with Crippen LogP contribution in [0.1, 0.15) is 31.2 Å². The maximum Gasteiger partial charge on any atom is 0.148 e. The Labute approximate surface area is 134 Å². The first-order valence-electron chi connectivity index (χ1n) is 7.00. The zero-order valence-electron chi connectivity index (χ0n) is 12.2. The van der Waals surface area contributed by atoms with Crippen LogP contribution < -0.4 is 15.2 Å². The molecule has 0 saturated carbocycles. The van der Waals surface area contributed by atoms with Crippen LogP contribution in [-0.2, 0) is 0 Å². The molecule has 2 atom stereocenters. The number of halogens is 1. The van der Waals surface area contributed by atoms with Gasteiger partial charge in [0.1, 0.15) is 17.6 Å². The van der Waals surface area contributed by atoms with Gasteiger partial charge in [-0.05, 0) is 49.7 Å². The Morgan fingerprint density at radius 2 is 1.81 bits per heavy atom. The van der Waals surface area contributed by atoms with Crippen LogP contribution in [0, 0.1) is 0 Å². The summed E-state index contributed by atoms with van der Waals surface area (Å²) in [6.45, 7) is 4.73. The highest BCUT2D eigenvalue weighted by atomic mass is 35.5. The van der Waals surface area contributed by atoms with E-state index in [9.17, 15) is 0 Å². The molecule has 0 aliphatic carbocycles. The molecular formula is C16H20ClNO2S. The van der Waals surface area contributed by atoms with Gasteiger partial charge in [0, 0.05) is 10.9 Å². The summed E-state index contributed by atoms with van der Waals surface area (Å²) < 4.78 is 12.3. The molecule has 114 valence electrons. The zero-order chi connectivity index (χ0) is 15.2. The molecule has 0 spiro atoms. The Hall–Kier alpha value is -1.23. The van der Waals surface area contributed by atoms with Crippen molar-refractivity contribution in [1.29, 1.82) is 0 Å². The minimum Gasteiger partial charge on any atom is -0.494 e. The van der Waals surface area contributed by atoms with Crippen LogP contribution in [0.2, 0.25) is 4.34 Å². The molecule has 0 aliphatic heterocycles. The van der Waals surface area contributed by atoms with Gasteiger partial charge in [0.25, 0.3) is 0 Å². The van der Waals surface area contributed by atoms with E-state index in [-0.39, 0.29) is 12.1 Å². The Morgan fingerprint density at radius 1 is 1.14 bits per heavy atom. The lowest BCUT2D eigenvalue weighted by Crippen LogP contribution is -2.28. The summed E-state index contributed by atoms with van der Waals surface area (Å²) in [4.78, 5) is 1.03. The standard InChI is InChI=1S/C16H20ClNO2S/c1-3-10-19-12-4-6-13(7-5-12)20-16(11(2)18)14-8-9-15(17)21-14/h4-9,11,16H,3,10,18H2,1-2H3. The van der Waals surface area contributed by atoms with E-state index in [0.29, 0.717) is 0 Å². The van der Waals surface area contributed by atoms with Crippen molar-refractivity contribution in [2.45, 2.75) is 32.4 Å². The van der Waals surface area contributed by atoms with Gasteiger partial charge < -0.3 is 15.2 Å². The third-order valence-corrected chi connectivity index (χ3v) is 4.20. The van der Waals surface area contributed by atoms with Crippen molar-refractivity contribution in [1.82, 2.24) is 0 Å². The van der Waals surface area contributed by atoms with Crippen molar-refractivity contribution in [3.05, 3.63) is 45.6 Å². The zero-order valence-corrected chi connectivity index (χ0v) is 13.8. The number of nitrogens with two attached hydrogens (primary N) is 1. The smallest absolute Gasteiger partial charge is 0.148 e. The number of hydrogen-bond acceptors (Lipinski definition) is 4. The molecule has 1 aromatic heterocycles. The molecule has 2 N–H and O–H groups in total. The van der Waals surface area contributed by atoms with E-state index < -0.39 is 0 Å². The third-order valence-electron chi connectivity index (χ3n) is 2.91. The van der Waals surface area contributed by atoms with Crippen molar-refractivity contribution < 1.29 is 9.47 Å².